The maximum atomic E-state index is 5.92. The molecular weight excluding hydrogens is 374 g/mol. The number of guanidine groups is 1. The van der Waals surface area contributed by atoms with Gasteiger partial charge < -0.3 is 24.8 Å². The van der Waals surface area contributed by atoms with E-state index in [1.165, 1.54) is 5.56 Å². The Bertz CT molecular complexity index is 690. The smallest absolute Gasteiger partial charge is 0.191 e. The van der Waals surface area contributed by atoms with Gasteiger partial charge in [-0.2, -0.15) is 11.8 Å². The maximum absolute atomic E-state index is 5.92. The minimum Gasteiger partial charge on any atom is -0.494 e. The summed E-state index contributed by atoms with van der Waals surface area (Å²) in [5.74, 6) is 2.70. The molecule has 156 valence electrons. The molecule has 2 aliphatic heterocycles. The van der Waals surface area contributed by atoms with Crippen molar-refractivity contribution in [2.24, 2.45) is 4.99 Å². The molecule has 6 nitrogen and oxygen atoms in total. The number of nitrogens with one attached hydrogen (secondary N) is 2. The number of hydrogen-bond acceptors (Lipinski definition) is 5. The predicted octanol–water partition coefficient (Wildman–Crippen LogP) is 2.99. The summed E-state index contributed by atoms with van der Waals surface area (Å²) in [6.45, 7) is 7.94. The number of nitrogens with zero attached hydrogens (tertiary/aromatic N) is 1. The number of aliphatic imine (C=N–C) groups is 1. The van der Waals surface area contributed by atoms with Crippen molar-refractivity contribution in [2.75, 3.05) is 39.7 Å². The Morgan fingerprint density at radius 1 is 1.32 bits per heavy atom. The van der Waals surface area contributed by atoms with Crippen molar-refractivity contribution in [3.05, 3.63) is 23.3 Å². The average Bonchev–Trinajstić information content (AvgIpc) is 3.07. The molecule has 1 aromatic rings. The Kier molecular flexibility index (Phi) is 7.35. The monoisotopic (exact) mass is 407 g/mol. The van der Waals surface area contributed by atoms with Crippen molar-refractivity contribution in [2.45, 2.75) is 50.5 Å². The predicted molar refractivity (Wildman–Crippen MR) is 116 cm³/mol. The van der Waals surface area contributed by atoms with E-state index in [1.807, 2.05) is 25.7 Å². The highest BCUT2D eigenvalue weighted by Crippen LogP contribution is 2.35. The average molecular weight is 408 g/mol. The molecule has 1 saturated heterocycles. The molecule has 1 unspecified atom stereocenters. The maximum Gasteiger partial charge on any atom is 0.191 e. The highest BCUT2D eigenvalue weighted by molar-refractivity contribution is 8.00. The van der Waals surface area contributed by atoms with Crippen LogP contribution < -0.4 is 20.1 Å². The van der Waals surface area contributed by atoms with Gasteiger partial charge in [-0.3, -0.25) is 4.99 Å². The molecule has 2 N–H and O–H groups in total. The van der Waals surface area contributed by atoms with Gasteiger partial charge >= 0.3 is 0 Å². The Hall–Kier alpha value is -1.60. The van der Waals surface area contributed by atoms with E-state index in [-0.39, 0.29) is 10.9 Å². The topological polar surface area (TPSA) is 64.1 Å². The first kappa shape index (κ1) is 21.1. The number of fused-ring (bicyclic) bond motifs is 1. The van der Waals surface area contributed by atoms with Crippen LogP contribution in [-0.2, 0) is 17.7 Å². The molecule has 2 heterocycles. The van der Waals surface area contributed by atoms with E-state index in [0.717, 1.165) is 62.0 Å². The summed E-state index contributed by atoms with van der Waals surface area (Å²) in [7, 11) is 1.81. The first-order chi connectivity index (χ1) is 13.6. The van der Waals surface area contributed by atoms with E-state index in [2.05, 4.69) is 40.9 Å². The summed E-state index contributed by atoms with van der Waals surface area (Å²) in [5.41, 5.74) is 2.31. The number of thioether (sulfide) groups is 1. The zero-order chi connectivity index (χ0) is 20.0. The fourth-order valence-electron chi connectivity index (χ4n) is 3.75. The second kappa shape index (κ2) is 9.74. The molecule has 0 spiro atoms. The third kappa shape index (κ3) is 5.06. The largest absolute Gasteiger partial charge is 0.494 e. The van der Waals surface area contributed by atoms with Crippen LogP contribution in [0.1, 0.15) is 37.8 Å². The van der Waals surface area contributed by atoms with Gasteiger partial charge in [0.15, 0.2) is 5.96 Å². The lowest BCUT2D eigenvalue weighted by atomic mass is 9.99. The van der Waals surface area contributed by atoms with Crippen LogP contribution in [0.15, 0.2) is 17.1 Å². The summed E-state index contributed by atoms with van der Waals surface area (Å²) in [6.07, 6.45) is 5.47. The molecule has 0 aliphatic carbocycles. The normalized spacial score (nSPS) is 21.0. The van der Waals surface area contributed by atoms with Gasteiger partial charge in [0, 0.05) is 55.6 Å². The molecule has 0 bridgehead atoms. The van der Waals surface area contributed by atoms with Crippen LogP contribution in [0.25, 0.3) is 0 Å². The van der Waals surface area contributed by atoms with Crippen LogP contribution in [0.5, 0.6) is 11.5 Å². The molecule has 28 heavy (non-hydrogen) atoms. The highest BCUT2D eigenvalue weighted by atomic mass is 32.2. The third-order valence-electron chi connectivity index (χ3n) is 5.46. The van der Waals surface area contributed by atoms with Crippen LogP contribution in [0.2, 0.25) is 0 Å². The minimum absolute atomic E-state index is 0.212. The highest BCUT2D eigenvalue weighted by Gasteiger charge is 2.31. The lowest BCUT2D eigenvalue weighted by molar-refractivity contribution is 0.0783. The Balaban J connectivity index is 1.62. The van der Waals surface area contributed by atoms with E-state index < -0.39 is 0 Å². The number of benzene rings is 1. The lowest BCUT2D eigenvalue weighted by Gasteiger charge is -2.36. The zero-order valence-corrected chi connectivity index (χ0v) is 18.3. The van der Waals surface area contributed by atoms with E-state index in [0.29, 0.717) is 13.2 Å². The second-order valence-corrected chi connectivity index (χ2v) is 8.69. The van der Waals surface area contributed by atoms with Crippen LogP contribution >= 0.6 is 11.8 Å². The number of rotatable bonds is 7. The molecular formula is C21H33N3O3S. The second-order valence-electron chi connectivity index (χ2n) is 7.41. The Labute approximate surface area is 172 Å². The zero-order valence-electron chi connectivity index (χ0n) is 17.5. The van der Waals surface area contributed by atoms with Gasteiger partial charge in [0.25, 0.3) is 0 Å². The van der Waals surface area contributed by atoms with Crippen molar-refractivity contribution < 1.29 is 14.2 Å². The quantitative estimate of drug-likeness (QED) is 0.535. The van der Waals surface area contributed by atoms with Gasteiger partial charge in [0.2, 0.25) is 0 Å². The van der Waals surface area contributed by atoms with Crippen LogP contribution in [0.3, 0.4) is 0 Å². The van der Waals surface area contributed by atoms with E-state index in [1.54, 1.807) is 0 Å². The fourth-order valence-corrected chi connectivity index (χ4v) is 4.54. The van der Waals surface area contributed by atoms with Crippen LogP contribution in [0, 0.1) is 0 Å². The van der Waals surface area contributed by atoms with E-state index in [4.69, 9.17) is 14.2 Å². The summed E-state index contributed by atoms with van der Waals surface area (Å²) in [6, 6.07) is 4.23. The molecule has 0 saturated carbocycles. The summed E-state index contributed by atoms with van der Waals surface area (Å²) < 4.78 is 17.5. The van der Waals surface area contributed by atoms with Gasteiger partial charge in [-0.25, -0.2) is 0 Å². The SMILES string of the molecule is CCOc1cc2c(cc1CNC(=NC)NCC1(SC)CCOCC1)OC(C)C2. The van der Waals surface area contributed by atoms with Gasteiger partial charge in [-0.1, -0.05) is 0 Å². The first-order valence-corrected chi connectivity index (χ1v) is 11.3. The van der Waals surface area contributed by atoms with Crippen molar-refractivity contribution in [3.8, 4) is 11.5 Å². The van der Waals surface area contributed by atoms with E-state index in [9.17, 15) is 0 Å². The Morgan fingerprint density at radius 3 is 2.79 bits per heavy atom. The lowest BCUT2D eigenvalue weighted by Crippen LogP contribution is -2.47. The standard InChI is InChI=1S/C21H33N3O3S/c1-5-26-18-11-16-10-15(2)27-19(16)12-17(18)13-23-20(22-3)24-14-21(28-4)6-8-25-9-7-21/h11-12,15H,5-10,13-14H2,1-4H3,(H2,22,23,24). The molecule has 2 aliphatic rings. The molecule has 1 fully saturated rings. The van der Waals surface area contributed by atoms with Gasteiger partial charge in [0.05, 0.1) is 6.61 Å². The number of ether oxygens (including phenoxy) is 3. The summed E-state index contributed by atoms with van der Waals surface area (Å²) in [5, 5.41) is 6.93. The van der Waals surface area contributed by atoms with Crippen molar-refractivity contribution in [1.29, 1.82) is 0 Å². The molecule has 0 aromatic heterocycles. The summed E-state index contributed by atoms with van der Waals surface area (Å²) in [4.78, 5) is 4.39. The van der Waals surface area contributed by atoms with Gasteiger partial charge in [-0.15, -0.1) is 0 Å². The van der Waals surface area contributed by atoms with Crippen LogP contribution in [-0.4, -0.2) is 56.5 Å². The minimum atomic E-state index is 0.212. The Morgan fingerprint density at radius 2 is 2.11 bits per heavy atom. The number of hydrogen-bond donors (Lipinski definition) is 2. The summed E-state index contributed by atoms with van der Waals surface area (Å²) >= 11 is 1.92. The third-order valence-corrected chi connectivity index (χ3v) is 6.88. The van der Waals surface area contributed by atoms with Crippen molar-refractivity contribution in [1.82, 2.24) is 10.6 Å². The molecule has 7 heteroatoms. The molecule has 1 aromatic carbocycles. The first-order valence-electron chi connectivity index (χ1n) is 10.1. The fraction of sp³-hybridized carbons (Fsp3) is 0.667. The van der Waals surface area contributed by atoms with Gasteiger partial charge in [0.1, 0.15) is 17.6 Å². The van der Waals surface area contributed by atoms with Crippen molar-refractivity contribution >= 4 is 17.7 Å². The molecule has 0 radical (unpaired) electrons. The van der Waals surface area contributed by atoms with Crippen LogP contribution in [0.4, 0.5) is 0 Å². The van der Waals surface area contributed by atoms with E-state index >= 15 is 0 Å². The van der Waals surface area contributed by atoms with Crippen molar-refractivity contribution in [3.63, 3.8) is 0 Å². The molecule has 1 atom stereocenters. The molecule has 3 rings (SSSR count). The van der Waals surface area contributed by atoms with Gasteiger partial charge in [-0.05, 0) is 45.1 Å². The molecule has 0 amide bonds.